The molecule has 1 aliphatic heterocycles. The predicted molar refractivity (Wildman–Crippen MR) is 150 cm³/mol. The third kappa shape index (κ3) is 7.68. The van der Waals surface area contributed by atoms with Crippen LogP contribution in [0.5, 0.6) is 5.75 Å². The van der Waals surface area contributed by atoms with E-state index in [2.05, 4.69) is 4.90 Å². The fraction of sp³-hybridized carbons (Fsp3) is 0.310. The molecule has 12 heteroatoms. The Morgan fingerprint density at radius 1 is 0.976 bits per heavy atom. The number of nitrogens with two attached hydrogens (primary N) is 1. The number of hydrogen-bond acceptors (Lipinski definition) is 6. The topological polar surface area (TPSA) is 110 Å². The molecule has 0 spiro atoms. The van der Waals surface area contributed by atoms with Crippen LogP contribution in [0.4, 0.5) is 8.78 Å². The van der Waals surface area contributed by atoms with Gasteiger partial charge in [-0.3, -0.25) is 14.5 Å². The normalized spacial score (nSPS) is 17.9. The van der Waals surface area contributed by atoms with Gasteiger partial charge in [0.1, 0.15) is 17.4 Å². The number of Topliss-reactive ketones (excluding diaryl/α,β-unsaturated/α-hetero) is 1. The van der Waals surface area contributed by atoms with Crippen LogP contribution in [0.2, 0.25) is 5.02 Å². The summed E-state index contributed by atoms with van der Waals surface area (Å²) in [5, 5.41) is 5.50. The van der Waals surface area contributed by atoms with Gasteiger partial charge in [0, 0.05) is 54.3 Å². The van der Waals surface area contributed by atoms with Gasteiger partial charge in [0.05, 0.1) is 4.90 Å². The van der Waals surface area contributed by atoms with Crippen molar-refractivity contribution in [2.45, 2.75) is 43.8 Å². The second kappa shape index (κ2) is 12.6. The summed E-state index contributed by atoms with van der Waals surface area (Å²) >= 11 is 6.13. The Labute approximate surface area is 242 Å². The van der Waals surface area contributed by atoms with E-state index < -0.39 is 32.1 Å². The molecule has 1 amide bonds. The third-order valence-electron chi connectivity index (χ3n) is 7.01. The molecule has 0 aliphatic carbocycles. The summed E-state index contributed by atoms with van der Waals surface area (Å²) < 4.78 is 56.8. The highest BCUT2D eigenvalue weighted by atomic mass is 35.5. The van der Waals surface area contributed by atoms with Crippen LogP contribution in [-0.4, -0.2) is 61.7 Å². The maximum absolute atomic E-state index is 13.9. The number of amides is 1. The highest BCUT2D eigenvalue weighted by molar-refractivity contribution is 7.89. The maximum Gasteiger partial charge on any atom is 0.260 e. The highest BCUT2D eigenvalue weighted by Gasteiger charge is 2.32. The minimum atomic E-state index is -4.29. The van der Waals surface area contributed by atoms with Gasteiger partial charge in [0.15, 0.2) is 12.4 Å². The molecule has 1 fully saturated rings. The van der Waals surface area contributed by atoms with Crippen molar-refractivity contribution in [2.24, 2.45) is 5.14 Å². The van der Waals surface area contributed by atoms with Crippen LogP contribution in [0, 0.1) is 11.6 Å². The zero-order valence-electron chi connectivity index (χ0n) is 22.5. The number of benzene rings is 3. The molecule has 1 aliphatic rings. The summed E-state index contributed by atoms with van der Waals surface area (Å²) in [6.07, 6.45) is -0.369. The van der Waals surface area contributed by atoms with E-state index in [1.54, 1.807) is 17.0 Å². The van der Waals surface area contributed by atoms with Crippen molar-refractivity contribution in [3.8, 4) is 5.75 Å². The molecule has 3 aromatic rings. The fourth-order valence-corrected chi connectivity index (χ4v) is 5.81. The molecule has 0 aromatic heterocycles. The number of ketones is 1. The Hall–Kier alpha value is -3.38. The van der Waals surface area contributed by atoms with Gasteiger partial charge < -0.3 is 9.64 Å². The number of nitrogens with zero attached hydrogens (tertiary/aromatic N) is 2. The molecule has 41 heavy (non-hydrogen) atoms. The average molecular weight is 606 g/mol. The molecule has 1 heterocycles. The van der Waals surface area contributed by atoms with Gasteiger partial charge in [-0.2, -0.15) is 0 Å². The first-order valence-corrected chi connectivity index (χ1v) is 14.8. The number of sulfonamides is 1. The van der Waals surface area contributed by atoms with Crippen LogP contribution >= 0.6 is 11.6 Å². The Kier molecular flexibility index (Phi) is 9.43. The van der Waals surface area contributed by atoms with E-state index in [0.29, 0.717) is 25.2 Å². The molecule has 0 radical (unpaired) electrons. The second-order valence-corrected chi connectivity index (χ2v) is 12.1. The molecule has 1 saturated heterocycles. The van der Waals surface area contributed by atoms with Crippen molar-refractivity contribution in [3.05, 3.63) is 94.0 Å². The lowest BCUT2D eigenvalue weighted by Crippen LogP contribution is -2.58. The average Bonchev–Trinajstić information content (AvgIpc) is 2.90. The molecule has 2 atom stereocenters. The van der Waals surface area contributed by atoms with E-state index in [4.69, 9.17) is 21.5 Å². The molecular weight excluding hydrogens is 576 g/mol. The first kappa shape index (κ1) is 30.6. The number of hydrogen-bond donors (Lipinski definition) is 1. The number of primary sulfonamides is 1. The van der Waals surface area contributed by atoms with Gasteiger partial charge in [-0.25, -0.2) is 22.3 Å². The zero-order chi connectivity index (χ0) is 29.9. The first-order valence-electron chi connectivity index (χ1n) is 12.9. The second-order valence-electron chi connectivity index (χ2n) is 10.1. The number of carbonyl (C=O) groups is 2. The molecule has 3 aromatic carbocycles. The Morgan fingerprint density at radius 3 is 2.34 bits per heavy atom. The summed E-state index contributed by atoms with van der Waals surface area (Å²) in [7, 11) is -4.29. The quantitative estimate of drug-likeness (QED) is 0.366. The largest absolute Gasteiger partial charge is 0.483 e. The van der Waals surface area contributed by atoms with Crippen molar-refractivity contribution >= 4 is 33.3 Å². The highest BCUT2D eigenvalue weighted by Crippen LogP contribution is 2.27. The van der Waals surface area contributed by atoms with Crippen LogP contribution in [0.3, 0.4) is 0 Å². The smallest absolute Gasteiger partial charge is 0.260 e. The van der Waals surface area contributed by atoms with Crippen molar-refractivity contribution < 1.29 is 31.5 Å². The first-order chi connectivity index (χ1) is 19.3. The molecule has 2 N–H and O–H groups in total. The Balaban J connectivity index is 1.43. The minimum absolute atomic E-state index is 0.0446. The summed E-state index contributed by atoms with van der Waals surface area (Å²) in [5.41, 5.74) is 0.883. The SMILES string of the molecule is C[C@@H]1CN(Cc2ccc(F)cc2)[C@@H](C)CN1C(=O)COc1ccc(Cl)cc1CC(=O)c1cc(F)ccc1S(N)(=O)=O. The zero-order valence-corrected chi connectivity index (χ0v) is 24.1. The number of halogens is 3. The van der Waals surface area contributed by atoms with Crippen molar-refractivity contribution in [1.82, 2.24) is 9.80 Å². The molecule has 0 bridgehead atoms. The standard InChI is InChI=1S/C29H30ClF2N3O5S/c1-18-15-35(19(2)14-34(18)16-20-3-6-23(31)7-4-20)29(37)17-40-27-9-5-22(30)11-21(27)12-26(36)25-13-24(32)8-10-28(25)41(33,38)39/h3-11,13,18-19H,12,14-17H2,1-2H3,(H2,33,38,39)/t18-,19+/m0/s1. The Morgan fingerprint density at radius 2 is 1.66 bits per heavy atom. The van der Waals surface area contributed by atoms with Crippen LogP contribution in [0.25, 0.3) is 0 Å². The van der Waals surface area contributed by atoms with E-state index in [-0.39, 0.29) is 47.6 Å². The van der Waals surface area contributed by atoms with E-state index >= 15 is 0 Å². The summed E-state index contributed by atoms with van der Waals surface area (Å²) in [6.45, 7) is 5.36. The molecule has 0 saturated carbocycles. The number of rotatable bonds is 9. The minimum Gasteiger partial charge on any atom is -0.483 e. The van der Waals surface area contributed by atoms with E-state index in [0.717, 1.165) is 23.8 Å². The molecule has 218 valence electrons. The van der Waals surface area contributed by atoms with Crippen molar-refractivity contribution in [3.63, 3.8) is 0 Å². The third-order valence-corrected chi connectivity index (χ3v) is 8.21. The van der Waals surface area contributed by atoms with Gasteiger partial charge >= 0.3 is 0 Å². The fourth-order valence-electron chi connectivity index (χ4n) is 4.88. The van der Waals surface area contributed by atoms with Gasteiger partial charge in [-0.15, -0.1) is 0 Å². The van der Waals surface area contributed by atoms with E-state index in [1.807, 2.05) is 13.8 Å². The van der Waals surface area contributed by atoms with Crippen LogP contribution in [0.1, 0.15) is 35.3 Å². The molecular formula is C29H30ClF2N3O5S. The summed E-state index contributed by atoms with van der Waals surface area (Å²) in [6, 6.07) is 13.4. The number of piperazine rings is 1. The summed E-state index contributed by atoms with van der Waals surface area (Å²) in [5.74, 6) is -1.84. The van der Waals surface area contributed by atoms with Crippen LogP contribution in [0.15, 0.2) is 65.6 Å². The van der Waals surface area contributed by atoms with Crippen molar-refractivity contribution in [1.29, 1.82) is 0 Å². The van der Waals surface area contributed by atoms with Gasteiger partial charge in [-0.05, 0) is 67.9 Å². The van der Waals surface area contributed by atoms with E-state index in [1.165, 1.54) is 30.3 Å². The number of ether oxygens (including phenoxy) is 1. The van der Waals surface area contributed by atoms with Crippen LogP contribution in [-0.2, 0) is 27.8 Å². The predicted octanol–water partition coefficient (Wildman–Crippen LogP) is 4.19. The lowest BCUT2D eigenvalue weighted by molar-refractivity contribution is -0.139. The Bertz CT molecular complexity index is 1550. The monoisotopic (exact) mass is 605 g/mol. The lowest BCUT2D eigenvalue weighted by atomic mass is 10.0. The maximum atomic E-state index is 13.9. The van der Waals surface area contributed by atoms with Gasteiger partial charge in [0.25, 0.3) is 5.91 Å². The lowest BCUT2D eigenvalue weighted by Gasteiger charge is -2.44. The van der Waals surface area contributed by atoms with Crippen molar-refractivity contribution in [2.75, 3.05) is 19.7 Å². The van der Waals surface area contributed by atoms with E-state index in [9.17, 15) is 26.8 Å². The van der Waals surface area contributed by atoms with Gasteiger partial charge in [-0.1, -0.05) is 23.7 Å². The number of carbonyl (C=O) groups excluding carboxylic acids is 2. The summed E-state index contributed by atoms with van der Waals surface area (Å²) in [4.78, 5) is 29.7. The van der Waals surface area contributed by atoms with Gasteiger partial charge in [0.2, 0.25) is 10.0 Å². The molecule has 8 nitrogen and oxygen atoms in total. The molecule has 4 rings (SSSR count). The molecule has 0 unspecified atom stereocenters. The van der Waals surface area contributed by atoms with Crippen LogP contribution < -0.4 is 9.88 Å².